The summed E-state index contributed by atoms with van der Waals surface area (Å²) in [5.74, 6) is 1.41. The molecular formula is C42H56BrN3O8. The van der Waals surface area contributed by atoms with Gasteiger partial charge in [-0.05, 0) is 55.0 Å². The first kappa shape index (κ1) is 40.4. The number of carbonyl (C=O) groups is 1. The van der Waals surface area contributed by atoms with E-state index in [1.54, 1.807) is 0 Å². The van der Waals surface area contributed by atoms with Crippen LogP contribution in [0.2, 0.25) is 0 Å². The molecule has 6 N–H and O–H groups in total. The Kier molecular flexibility index (Phi) is 13.3. The number of hydrogen-bond donors (Lipinski definition) is 6. The molecule has 4 fully saturated rings. The highest BCUT2D eigenvalue weighted by atomic mass is 79.9. The van der Waals surface area contributed by atoms with Gasteiger partial charge in [0.15, 0.2) is 6.61 Å². The van der Waals surface area contributed by atoms with Gasteiger partial charge in [0.2, 0.25) is 0 Å². The summed E-state index contributed by atoms with van der Waals surface area (Å²) in [5.41, 5.74) is 2.39. The van der Waals surface area contributed by atoms with Crippen LogP contribution in [0.5, 0.6) is 17.2 Å². The Bertz CT molecular complexity index is 1720. The van der Waals surface area contributed by atoms with Crippen molar-refractivity contribution in [2.75, 3.05) is 57.9 Å². The third kappa shape index (κ3) is 8.91. The molecule has 4 atom stereocenters. The first-order valence-corrected chi connectivity index (χ1v) is 19.5. The van der Waals surface area contributed by atoms with Gasteiger partial charge in [-0.15, -0.1) is 0 Å². The molecule has 0 radical (unpaired) electrons. The number of aliphatic hydroxyl groups is 3. The Balaban J connectivity index is 0.00000497. The predicted molar refractivity (Wildman–Crippen MR) is 201 cm³/mol. The van der Waals surface area contributed by atoms with Crippen LogP contribution in [-0.4, -0.2) is 89.5 Å². The van der Waals surface area contributed by atoms with Gasteiger partial charge in [0.1, 0.15) is 35.5 Å². The van der Waals surface area contributed by atoms with Crippen molar-refractivity contribution in [1.29, 1.82) is 0 Å². The van der Waals surface area contributed by atoms with Crippen molar-refractivity contribution in [2.24, 2.45) is 11.8 Å². The van der Waals surface area contributed by atoms with E-state index in [-0.39, 0.29) is 66.5 Å². The van der Waals surface area contributed by atoms with Crippen LogP contribution in [0.25, 0.3) is 0 Å². The number of aliphatic hydroxyl groups excluding tert-OH is 2. The molecule has 3 aromatic carbocycles. The number of aromatic hydroxyl groups is 1. The van der Waals surface area contributed by atoms with Crippen LogP contribution in [-0.2, 0) is 21.7 Å². The molecule has 0 aromatic heterocycles. The lowest BCUT2D eigenvalue weighted by Gasteiger charge is -2.53. The van der Waals surface area contributed by atoms with E-state index < -0.39 is 11.7 Å². The summed E-state index contributed by atoms with van der Waals surface area (Å²) in [4.78, 5) is 11.7. The van der Waals surface area contributed by atoms with Gasteiger partial charge in [0, 0.05) is 55.0 Å². The summed E-state index contributed by atoms with van der Waals surface area (Å²) in [5, 5.41) is 49.4. The molecule has 3 saturated heterocycles. The highest BCUT2D eigenvalue weighted by Crippen LogP contribution is 2.43. The number of hydrogen-bond acceptors (Lipinski definition) is 9. The zero-order valence-electron chi connectivity index (χ0n) is 31.2. The Labute approximate surface area is 329 Å². The lowest BCUT2D eigenvalue weighted by Crippen LogP contribution is -3.00. The van der Waals surface area contributed by atoms with Crippen LogP contribution < -0.4 is 37.1 Å². The molecule has 12 heteroatoms. The van der Waals surface area contributed by atoms with Crippen molar-refractivity contribution in [2.45, 2.75) is 82.3 Å². The van der Waals surface area contributed by atoms with E-state index in [1.165, 1.54) is 25.0 Å². The Morgan fingerprint density at radius 1 is 1.06 bits per heavy atom. The van der Waals surface area contributed by atoms with Crippen LogP contribution in [0, 0.1) is 11.8 Å². The van der Waals surface area contributed by atoms with Gasteiger partial charge in [-0.2, -0.15) is 0 Å². The zero-order valence-corrected chi connectivity index (χ0v) is 32.8. The molecule has 4 heterocycles. The molecule has 5 aliphatic rings. The average molecular weight is 811 g/mol. The number of rotatable bonds is 16. The van der Waals surface area contributed by atoms with Crippen LogP contribution in [0.15, 0.2) is 60.7 Å². The lowest BCUT2D eigenvalue weighted by atomic mass is 9.80. The second kappa shape index (κ2) is 17.7. The summed E-state index contributed by atoms with van der Waals surface area (Å²) in [6.07, 6.45) is 6.79. The lowest BCUT2D eigenvalue weighted by molar-refractivity contribution is -0.946. The number of phenolic OH excluding ortho intramolecular Hbond substituents is 1. The maximum Gasteiger partial charge on any atom is 0.262 e. The fourth-order valence-corrected chi connectivity index (χ4v) is 9.22. The molecule has 0 spiro atoms. The second-order valence-electron chi connectivity index (χ2n) is 15.8. The number of halogens is 1. The molecule has 0 unspecified atom stereocenters. The number of nitrogens with one attached hydrogen (secondary N) is 2. The number of piperidine rings is 3. The van der Waals surface area contributed by atoms with Gasteiger partial charge in [-0.1, -0.05) is 49.2 Å². The fourth-order valence-electron chi connectivity index (χ4n) is 9.22. The van der Waals surface area contributed by atoms with Crippen LogP contribution >= 0.6 is 0 Å². The largest absolute Gasteiger partial charge is 1.00 e. The van der Waals surface area contributed by atoms with Gasteiger partial charge in [0.25, 0.3) is 5.91 Å². The Morgan fingerprint density at radius 2 is 1.81 bits per heavy atom. The molecule has 11 nitrogen and oxygen atoms in total. The smallest absolute Gasteiger partial charge is 0.262 e. The third-order valence-electron chi connectivity index (χ3n) is 12.4. The van der Waals surface area contributed by atoms with Crippen molar-refractivity contribution in [3.8, 4) is 17.2 Å². The minimum absolute atomic E-state index is 0. The molecule has 1 amide bonds. The van der Waals surface area contributed by atoms with E-state index in [1.807, 2.05) is 43.3 Å². The van der Waals surface area contributed by atoms with Crippen LogP contribution in [0.3, 0.4) is 0 Å². The molecule has 1 saturated carbocycles. The molecule has 2 bridgehead atoms. The fraction of sp³-hybridized carbons (Fsp3) is 0.548. The maximum atomic E-state index is 12.1. The second-order valence-corrected chi connectivity index (χ2v) is 15.8. The molecule has 294 valence electrons. The van der Waals surface area contributed by atoms with E-state index in [0.29, 0.717) is 47.4 Å². The monoisotopic (exact) mass is 809 g/mol. The quantitative estimate of drug-likeness (QED) is 0.0946. The number of amides is 1. The number of fused-ring (bicyclic) bond motifs is 4. The van der Waals surface area contributed by atoms with Gasteiger partial charge >= 0.3 is 0 Å². The normalized spacial score (nSPS) is 24.4. The highest BCUT2D eigenvalue weighted by molar-refractivity contribution is 5.96. The van der Waals surface area contributed by atoms with Crippen molar-refractivity contribution in [1.82, 2.24) is 5.32 Å². The van der Waals surface area contributed by atoms with Crippen molar-refractivity contribution in [3.05, 3.63) is 82.9 Å². The molecule has 3 aromatic rings. The average Bonchev–Trinajstić information content (AvgIpc) is 3.74. The first-order valence-electron chi connectivity index (χ1n) is 19.5. The number of carbonyl (C=O) groups excluding carboxylic acids is 1. The molecule has 54 heavy (non-hydrogen) atoms. The van der Waals surface area contributed by atoms with Crippen LogP contribution in [0.1, 0.15) is 86.3 Å². The summed E-state index contributed by atoms with van der Waals surface area (Å²) in [7, 11) is 0. The summed E-state index contributed by atoms with van der Waals surface area (Å²) in [6.45, 7) is 7.04. The Hall–Kier alpha value is -3.23. The predicted octanol–water partition coefficient (Wildman–Crippen LogP) is 2.08. The number of nitrogens with zero attached hydrogens (tertiary/aromatic N) is 1. The van der Waals surface area contributed by atoms with Crippen molar-refractivity contribution < 1.29 is 60.9 Å². The van der Waals surface area contributed by atoms with Crippen molar-refractivity contribution >= 4 is 11.6 Å². The van der Waals surface area contributed by atoms with Gasteiger partial charge < -0.3 is 66.7 Å². The SMILES string of the molecule is C[C@H](NC[C@H](O)c1cc(O)cc2c1OCC(=O)N2)c1ccc(OCCC[N+]23CCC(CC2)[C@@H](OC[C@@](O)(c2ccccc2)C2CCCC2)C3)c(CO)c1.[Br-]. The summed E-state index contributed by atoms with van der Waals surface area (Å²) >= 11 is 0. The van der Waals surface area contributed by atoms with E-state index >= 15 is 0 Å². The van der Waals surface area contributed by atoms with E-state index in [4.69, 9.17) is 14.2 Å². The van der Waals surface area contributed by atoms with Gasteiger partial charge in [-0.3, -0.25) is 4.79 Å². The number of phenols is 1. The van der Waals surface area contributed by atoms with Crippen LogP contribution in [0.4, 0.5) is 5.69 Å². The molecule has 1 aliphatic carbocycles. The number of quaternary nitrogens is 1. The number of anilines is 1. The summed E-state index contributed by atoms with van der Waals surface area (Å²) in [6, 6.07) is 18.6. The summed E-state index contributed by atoms with van der Waals surface area (Å²) < 4.78 is 19.6. The van der Waals surface area contributed by atoms with E-state index in [0.717, 1.165) is 73.9 Å². The van der Waals surface area contributed by atoms with E-state index in [9.17, 15) is 25.2 Å². The minimum Gasteiger partial charge on any atom is -1.00 e. The first-order chi connectivity index (χ1) is 25.7. The van der Waals surface area contributed by atoms with Gasteiger partial charge in [0.05, 0.1) is 51.2 Å². The number of ether oxygens (including phenoxy) is 3. The topological polar surface area (TPSA) is 150 Å². The molecular weight excluding hydrogens is 754 g/mol. The number of benzene rings is 3. The molecule has 8 rings (SSSR count). The minimum atomic E-state index is -0.999. The Morgan fingerprint density at radius 3 is 2.56 bits per heavy atom. The van der Waals surface area contributed by atoms with Crippen molar-refractivity contribution in [3.63, 3.8) is 0 Å². The third-order valence-corrected chi connectivity index (χ3v) is 12.4. The highest BCUT2D eigenvalue weighted by Gasteiger charge is 2.48. The standard InChI is InChI=1S/C42H55N3O8.BrH/c1-28(43-23-37(48)35-21-34(47)22-36-41(35)52-26-40(49)44-36)30-12-13-38(31(20-30)25-46)51-19-7-16-45-17-14-29(15-18-45)39(24-45)53-27-42(50,33-10-5-6-11-33)32-8-3-2-4-9-32;/h2-4,8-9,12-13,20-22,28-29,33,37,39,43,46,48,50H,5-7,10-11,14-19,23-27H2,1H3,(H-,44,47,49);1H/t28-,29?,37-,39-,42+,45?;/m0./s1. The maximum absolute atomic E-state index is 12.1. The zero-order chi connectivity index (χ0) is 37.0. The van der Waals surface area contributed by atoms with E-state index in [2.05, 4.69) is 22.8 Å². The molecule has 4 aliphatic heterocycles. The van der Waals surface area contributed by atoms with Gasteiger partial charge in [-0.25, -0.2) is 0 Å².